The summed E-state index contributed by atoms with van der Waals surface area (Å²) >= 11 is 0. The molecule has 116 valence electrons. The normalized spacial score (nSPS) is 13.4. The number of nitrogens with one attached hydrogen (secondary N) is 1. The molecule has 0 aliphatic carbocycles. The molecule has 0 heterocycles. The number of hydrogen-bond donors (Lipinski definition) is 4. The molecule has 0 fully saturated rings. The van der Waals surface area contributed by atoms with Gasteiger partial charge in [-0.25, -0.2) is 15.0 Å². The molecule has 0 aromatic heterocycles. The summed E-state index contributed by atoms with van der Waals surface area (Å²) in [5.41, 5.74) is 6.72. The van der Waals surface area contributed by atoms with Crippen molar-refractivity contribution in [1.82, 2.24) is 5.43 Å². The molecule has 0 amide bonds. The lowest BCUT2D eigenvalue weighted by atomic mass is 9.90. The Morgan fingerprint density at radius 1 is 1.38 bits per heavy atom. The van der Waals surface area contributed by atoms with Crippen molar-refractivity contribution in [2.75, 3.05) is 12.3 Å². The largest absolute Gasteiger partial charge is 0.479 e. The van der Waals surface area contributed by atoms with Crippen molar-refractivity contribution < 1.29 is 19.4 Å². The topological polar surface area (TPSA) is 128 Å². The van der Waals surface area contributed by atoms with E-state index in [0.29, 0.717) is 17.7 Å². The number of carboxylic acid groups (broad SMARTS) is 1. The van der Waals surface area contributed by atoms with Crippen LogP contribution in [0.25, 0.3) is 0 Å². The fraction of sp³-hybridized carbons (Fsp3) is 0.429. The minimum atomic E-state index is -2.05. The highest BCUT2D eigenvalue weighted by Crippen LogP contribution is 2.20. The Balaban J connectivity index is 3.01. The quantitative estimate of drug-likeness (QED) is 0.137. The Morgan fingerprint density at radius 3 is 2.57 bits per heavy atom. The van der Waals surface area contributed by atoms with Gasteiger partial charge in [-0.05, 0) is 18.1 Å². The molecule has 0 aliphatic rings. The molecular formula is C14H21N3O4. The molecule has 1 unspecified atom stereocenters. The van der Waals surface area contributed by atoms with E-state index in [0.717, 1.165) is 6.42 Å². The Hall–Kier alpha value is -2.12. The van der Waals surface area contributed by atoms with Gasteiger partial charge < -0.3 is 15.6 Å². The summed E-state index contributed by atoms with van der Waals surface area (Å²) < 4.78 is 5.01. The number of carbonyl (C=O) groups is 2. The first kappa shape index (κ1) is 16.9. The third-order valence-electron chi connectivity index (χ3n) is 3.20. The van der Waals surface area contributed by atoms with E-state index in [2.05, 4.69) is 5.43 Å². The number of anilines is 1. The van der Waals surface area contributed by atoms with Gasteiger partial charge in [-0.3, -0.25) is 5.84 Å². The highest BCUT2D eigenvalue weighted by molar-refractivity contribution is 6.04. The predicted octanol–water partition coefficient (Wildman–Crippen LogP) is 0.441. The monoisotopic (exact) mass is 295 g/mol. The zero-order valence-electron chi connectivity index (χ0n) is 12.0. The molecule has 1 atom stereocenters. The van der Waals surface area contributed by atoms with E-state index >= 15 is 0 Å². The minimum absolute atomic E-state index is 0.149. The maximum Gasteiger partial charge on any atom is 0.339 e. The van der Waals surface area contributed by atoms with Crippen LogP contribution in [0.4, 0.5) is 5.69 Å². The van der Waals surface area contributed by atoms with Gasteiger partial charge in [-0.15, -0.1) is 0 Å². The van der Waals surface area contributed by atoms with Crippen molar-refractivity contribution in [2.24, 2.45) is 5.84 Å². The van der Waals surface area contributed by atoms with Crippen molar-refractivity contribution >= 4 is 17.6 Å². The van der Waals surface area contributed by atoms with Gasteiger partial charge in [-0.1, -0.05) is 31.5 Å². The third kappa shape index (κ3) is 3.93. The van der Waals surface area contributed by atoms with E-state index in [9.17, 15) is 14.7 Å². The van der Waals surface area contributed by atoms with Crippen molar-refractivity contribution in [3.8, 4) is 0 Å². The number of rotatable bonds is 8. The summed E-state index contributed by atoms with van der Waals surface area (Å²) in [6.07, 6.45) is 1.28. The van der Waals surface area contributed by atoms with Crippen molar-refractivity contribution in [1.29, 1.82) is 0 Å². The molecule has 0 spiro atoms. The van der Waals surface area contributed by atoms with Crippen LogP contribution in [0.2, 0.25) is 0 Å². The lowest BCUT2D eigenvalue weighted by molar-refractivity contribution is -0.163. The van der Waals surface area contributed by atoms with E-state index < -0.39 is 17.5 Å². The number of benzene rings is 1. The van der Waals surface area contributed by atoms with Gasteiger partial charge in [0, 0.05) is 12.1 Å². The van der Waals surface area contributed by atoms with Crippen molar-refractivity contribution in [2.45, 2.75) is 31.7 Å². The predicted molar refractivity (Wildman–Crippen MR) is 78.1 cm³/mol. The van der Waals surface area contributed by atoms with Gasteiger partial charge in [0.25, 0.3) is 0 Å². The number of nitrogens with two attached hydrogens (primary N) is 2. The van der Waals surface area contributed by atoms with Gasteiger partial charge in [0.15, 0.2) is 0 Å². The summed E-state index contributed by atoms with van der Waals surface area (Å²) in [5, 5.41) is 9.42. The number of esters is 1. The van der Waals surface area contributed by atoms with Gasteiger partial charge in [0.05, 0.1) is 6.61 Å². The number of aliphatic carboxylic acids is 1. The molecule has 0 bridgehead atoms. The first-order valence-electron chi connectivity index (χ1n) is 6.69. The van der Waals surface area contributed by atoms with E-state index in [-0.39, 0.29) is 13.0 Å². The zero-order valence-corrected chi connectivity index (χ0v) is 12.0. The van der Waals surface area contributed by atoms with Crippen LogP contribution in [0.3, 0.4) is 0 Å². The van der Waals surface area contributed by atoms with Gasteiger partial charge >= 0.3 is 11.9 Å². The summed E-state index contributed by atoms with van der Waals surface area (Å²) in [6, 6.07) is 6.69. The summed E-state index contributed by atoms with van der Waals surface area (Å²) in [4.78, 5) is 23.7. The SMILES string of the molecule is CCCCOC(=O)C(Cc1ccccc1N)(NN)C(=O)O. The number of carbonyl (C=O) groups excluding carboxylic acids is 1. The number of carboxylic acids is 1. The van der Waals surface area contributed by atoms with Crippen LogP contribution in [-0.4, -0.2) is 29.2 Å². The number of ether oxygens (including phenoxy) is 1. The van der Waals surface area contributed by atoms with E-state index in [4.69, 9.17) is 16.3 Å². The Kier molecular flexibility index (Phi) is 6.13. The van der Waals surface area contributed by atoms with Gasteiger partial charge in [0.2, 0.25) is 5.54 Å². The van der Waals surface area contributed by atoms with Crippen LogP contribution in [0.5, 0.6) is 0 Å². The maximum absolute atomic E-state index is 12.1. The van der Waals surface area contributed by atoms with Gasteiger partial charge in [0.1, 0.15) is 0 Å². The molecule has 6 N–H and O–H groups in total. The summed E-state index contributed by atoms with van der Waals surface area (Å²) in [5.74, 6) is 3.01. The fourth-order valence-electron chi connectivity index (χ4n) is 1.82. The molecule has 7 heteroatoms. The van der Waals surface area contributed by atoms with Crippen molar-refractivity contribution in [3.05, 3.63) is 29.8 Å². The first-order chi connectivity index (χ1) is 9.97. The molecule has 0 radical (unpaired) electrons. The molecule has 7 nitrogen and oxygen atoms in total. The Bertz CT molecular complexity index is 507. The number of unbranched alkanes of at least 4 members (excludes halogenated alkanes) is 1. The van der Waals surface area contributed by atoms with Crippen LogP contribution in [0, 0.1) is 0 Å². The van der Waals surface area contributed by atoms with Crippen LogP contribution in [-0.2, 0) is 20.7 Å². The second kappa shape index (κ2) is 7.61. The average molecular weight is 295 g/mol. The first-order valence-corrected chi connectivity index (χ1v) is 6.69. The third-order valence-corrected chi connectivity index (χ3v) is 3.20. The van der Waals surface area contributed by atoms with E-state index in [1.165, 1.54) is 0 Å². The second-order valence-corrected chi connectivity index (χ2v) is 4.72. The Labute approximate surface area is 123 Å². The second-order valence-electron chi connectivity index (χ2n) is 4.72. The number of nitrogen functional groups attached to an aromatic ring is 1. The summed E-state index contributed by atoms with van der Waals surface area (Å²) in [6.45, 7) is 2.08. The highest BCUT2D eigenvalue weighted by Gasteiger charge is 2.47. The maximum atomic E-state index is 12.1. The van der Waals surface area contributed by atoms with Crippen LogP contribution in [0.15, 0.2) is 24.3 Å². The molecular weight excluding hydrogens is 274 g/mol. The number of para-hydroxylation sites is 1. The number of hydrazine groups is 1. The average Bonchev–Trinajstić information content (AvgIpc) is 2.46. The molecule has 0 saturated carbocycles. The smallest absolute Gasteiger partial charge is 0.339 e. The standard InChI is InChI=1S/C14H21N3O4/c1-2-3-8-21-13(20)14(17-16,12(18)19)9-10-6-4-5-7-11(10)15/h4-7,17H,2-3,8-9,15-16H2,1H3,(H,18,19). The van der Waals surface area contributed by atoms with E-state index in [1.54, 1.807) is 24.3 Å². The van der Waals surface area contributed by atoms with Crippen molar-refractivity contribution in [3.63, 3.8) is 0 Å². The molecule has 0 aliphatic heterocycles. The summed E-state index contributed by atoms with van der Waals surface area (Å²) in [7, 11) is 0. The molecule has 1 aromatic carbocycles. The lowest BCUT2D eigenvalue weighted by Gasteiger charge is -2.26. The lowest BCUT2D eigenvalue weighted by Crippen LogP contribution is -2.63. The van der Waals surface area contributed by atoms with Crippen LogP contribution in [0.1, 0.15) is 25.3 Å². The Morgan fingerprint density at radius 2 is 2.05 bits per heavy atom. The molecule has 21 heavy (non-hydrogen) atoms. The van der Waals surface area contributed by atoms with Crippen LogP contribution >= 0.6 is 0 Å². The number of hydrogen-bond acceptors (Lipinski definition) is 6. The molecule has 1 rings (SSSR count). The van der Waals surface area contributed by atoms with Crippen LogP contribution < -0.4 is 17.0 Å². The van der Waals surface area contributed by atoms with Gasteiger partial charge in [-0.2, -0.15) is 0 Å². The van der Waals surface area contributed by atoms with E-state index in [1.807, 2.05) is 6.92 Å². The zero-order chi connectivity index (χ0) is 15.9. The molecule has 0 saturated heterocycles. The minimum Gasteiger partial charge on any atom is -0.479 e. The molecule has 1 aromatic rings. The highest BCUT2D eigenvalue weighted by atomic mass is 16.5. The fourth-order valence-corrected chi connectivity index (χ4v) is 1.82.